The van der Waals surface area contributed by atoms with Crippen molar-refractivity contribution in [3.05, 3.63) is 40.3 Å². The molecule has 0 saturated heterocycles. The second-order valence-electron chi connectivity index (χ2n) is 4.39. The summed E-state index contributed by atoms with van der Waals surface area (Å²) in [5.74, 6) is 0.208. The average molecular weight is 353 g/mol. The molecule has 0 aromatic carbocycles. The molecule has 0 aliphatic rings. The van der Waals surface area contributed by atoms with Crippen molar-refractivity contribution in [2.24, 2.45) is 0 Å². The summed E-state index contributed by atoms with van der Waals surface area (Å²) in [6.45, 7) is 1.61. The summed E-state index contributed by atoms with van der Waals surface area (Å²) in [4.78, 5) is 29.2. The molecular formula is C13H13BrN4O3. The van der Waals surface area contributed by atoms with E-state index in [0.717, 1.165) is 4.47 Å². The van der Waals surface area contributed by atoms with E-state index in [1.807, 2.05) is 0 Å². The Balaban J connectivity index is 1.94. The van der Waals surface area contributed by atoms with Crippen LogP contribution in [0.5, 0.6) is 0 Å². The number of pyridine rings is 1. The molecule has 110 valence electrons. The van der Waals surface area contributed by atoms with Crippen molar-refractivity contribution in [2.45, 2.75) is 6.92 Å². The van der Waals surface area contributed by atoms with E-state index in [-0.39, 0.29) is 24.1 Å². The summed E-state index contributed by atoms with van der Waals surface area (Å²) in [5, 5.41) is 6.19. The van der Waals surface area contributed by atoms with Crippen LogP contribution in [0.15, 0.2) is 33.4 Å². The van der Waals surface area contributed by atoms with E-state index >= 15 is 0 Å². The number of amides is 2. The van der Waals surface area contributed by atoms with Gasteiger partial charge in [-0.1, -0.05) is 5.16 Å². The van der Waals surface area contributed by atoms with Gasteiger partial charge in [-0.05, 0) is 35.0 Å². The largest absolute Gasteiger partial charge is 0.360 e. The molecule has 0 fully saturated rings. The molecular weight excluding hydrogens is 340 g/mol. The summed E-state index contributed by atoms with van der Waals surface area (Å²) in [6.07, 6.45) is 1.53. The molecule has 0 unspecified atom stereocenters. The highest BCUT2D eigenvalue weighted by Gasteiger charge is 2.16. The minimum absolute atomic E-state index is 0.109. The van der Waals surface area contributed by atoms with Gasteiger partial charge in [-0.15, -0.1) is 0 Å². The van der Waals surface area contributed by atoms with Gasteiger partial charge in [0.1, 0.15) is 11.5 Å². The summed E-state index contributed by atoms with van der Waals surface area (Å²) in [5.41, 5.74) is 0.269. The number of anilines is 1. The van der Waals surface area contributed by atoms with Crippen molar-refractivity contribution in [1.29, 1.82) is 0 Å². The number of carbonyl (C=O) groups excluding carboxylic acids is 2. The predicted molar refractivity (Wildman–Crippen MR) is 78.8 cm³/mol. The molecule has 0 saturated carbocycles. The number of likely N-dealkylation sites (N-methyl/N-ethyl adjacent to an activating group) is 1. The Morgan fingerprint density at radius 3 is 2.76 bits per heavy atom. The van der Waals surface area contributed by atoms with E-state index in [0.29, 0.717) is 11.6 Å². The molecule has 0 aliphatic heterocycles. The van der Waals surface area contributed by atoms with Crippen LogP contribution in [0.4, 0.5) is 5.82 Å². The second-order valence-corrected chi connectivity index (χ2v) is 5.31. The van der Waals surface area contributed by atoms with Crippen molar-refractivity contribution in [3.8, 4) is 0 Å². The lowest BCUT2D eigenvalue weighted by Crippen LogP contribution is -2.35. The van der Waals surface area contributed by atoms with Gasteiger partial charge in [0.25, 0.3) is 5.91 Å². The van der Waals surface area contributed by atoms with E-state index in [1.165, 1.54) is 18.1 Å². The van der Waals surface area contributed by atoms with Crippen LogP contribution < -0.4 is 5.32 Å². The first-order chi connectivity index (χ1) is 9.95. The maximum Gasteiger partial charge on any atom is 0.272 e. The number of halogens is 1. The van der Waals surface area contributed by atoms with Crippen molar-refractivity contribution in [1.82, 2.24) is 15.0 Å². The highest BCUT2D eigenvalue weighted by molar-refractivity contribution is 9.10. The molecule has 2 amide bonds. The standard InChI is InChI=1S/C13H13BrN4O3/c1-8-5-11(17-21-8)16-12(19)7-18(2)13(20)10-4-3-9(14)6-15-10/h3-6H,7H2,1-2H3,(H,16,17,19). The average Bonchev–Trinajstić information content (AvgIpc) is 2.83. The topological polar surface area (TPSA) is 88.3 Å². The molecule has 1 N–H and O–H groups in total. The fraction of sp³-hybridized carbons (Fsp3) is 0.231. The molecule has 21 heavy (non-hydrogen) atoms. The normalized spacial score (nSPS) is 10.2. The molecule has 0 spiro atoms. The van der Waals surface area contributed by atoms with E-state index in [4.69, 9.17) is 4.52 Å². The molecule has 0 aliphatic carbocycles. The van der Waals surface area contributed by atoms with Crippen LogP contribution in [0.25, 0.3) is 0 Å². The van der Waals surface area contributed by atoms with Gasteiger partial charge in [0.05, 0.1) is 6.54 Å². The van der Waals surface area contributed by atoms with Gasteiger partial charge in [0.2, 0.25) is 5.91 Å². The SMILES string of the molecule is Cc1cc(NC(=O)CN(C)C(=O)c2ccc(Br)cn2)no1. The van der Waals surface area contributed by atoms with Crippen LogP contribution in [0.3, 0.4) is 0 Å². The highest BCUT2D eigenvalue weighted by atomic mass is 79.9. The fourth-order valence-corrected chi connectivity index (χ4v) is 1.83. The van der Waals surface area contributed by atoms with Gasteiger partial charge in [-0.3, -0.25) is 9.59 Å². The number of aromatic nitrogens is 2. The lowest BCUT2D eigenvalue weighted by atomic mass is 10.3. The number of nitrogens with zero attached hydrogens (tertiary/aromatic N) is 3. The van der Waals surface area contributed by atoms with Crippen LogP contribution in [-0.2, 0) is 4.79 Å². The summed E-state index contributed by atoms with van der Waals surface area (Å²) >= 11 is 3.24. The highest BCUT2D eigenvalue weighted by Crippen LogP contribution is 2.09. The first-order valence-electron chi connectivity index (χ1n) is 6.06. The van der Waals surface area contributed by atoms with Crippen LogP contribution in [0.2, 0.25) is 0 Å². The summed E-state index contributed by atoms with van der Waals surface area (Å²) in [7, 11) is 1.53. The molecule has 2 aromatic rings. The first-order valence-corrected chi connectivity index (χ1v) is 6.85. The minimum Gasteiger partial charge on any atom is -0.360 e. The molecule has 8 heteroatoms. The molecule has 0 bridgehead atoms. The predicted octanol–water partition coefficient (Wildman–Crippen LogP) is 1.85. The maximum atomic E-state index is 12.1. The van der Waals surface area contributed by atoms with Crippen molar-refractivity contribution in [2.75, 3.05) is 18.9 Å². The first kappa shape index (κ1) is 15.2. The monoisotopic (exact) mass is 352 g/mol. The number of hydrogen-bond acceptors (Lipinski definition) is 5. The Morgan fingerprint density at radius 1 is 1.43 bits per heavy atom. The Kier molecular flexibility index (Phi) is 4.69. The maximum absolute atomic E-state index is 12.1. The molecule has 2 rings (SSSR count). The smallest absolute Gasteiger partial charge is 0.272 e. The zero-order valence-electron chi connectivity index (χ0n) is 11.5. The van der Waals surface area contributed by atoms with E-state index < -0.39 is 0 Å². The number of aryl methyl sites for hydroxylation is 1. The summed E-state index contributed by atoms with van der Waals surface area (Å²) < 4.78 is 5.62. The number of rotatable bonds is 4. The zero-order chi connectivity index (χ0) is 15.4. The van der Waals surface area contributed by atoms with Crippen molar-refractivity contribution in [3.63, 3.8) is 0 Å². The van der Waals surface area contributed by atoms with Crippen molar-refractivity contribution >= 4 is 33.6 Å². The Morgan fingerprint density at radius 2 is 2.19 bits per heavy atom. The molecule has 7 nitrogen and oxygen atoms in total. The molecule has 0 atom stereocenters. The third-order valence-corrected chi connectivity index (χ3v) is 3.04. The third-order valence-electron chi connectivity index (χ3n) is 2.57. The van der Waals surface area contributed by atoms with Gasteiger partial charge >= 0.3 is 0 Å². The van der Waals surface area contributed by atoms with E-state index in [9.17, 15) is 9.59 Å². The van der Waals surface area contributed by atoms with Gasteiger partial charge in [-0.2, -0.15) is 0 Å². The second kappa shape index (κ2) is 6.49. The van der Waals surface area contributed by atoms with Crippen LogP contribution >= 0.6 is 15.9 Å². The Bertz CT molecular complexity index is 654. The van der Waals surface area contributed by atoms with Crippen LogP contribution in [0.1, 0.15) is 16.2 Å². The minimum atomic E-state index is -0.365. The summed E-state index contributed by atoms with van der Waals surface area (Å²) in [6, 6.07) is 4.89. The zero-order valence-corrected chi connectivity index (χ0v) is 13.0. The number of hydrogen-bond donors (Lipinski definition) is 1. The lowest BCUT2D eigenvalue weighted by molar-refractivity contribution is -0.116. The third kappa shape index (κ3) is 4.12. The van der Waals surface area contributed by atoms with Gasteiger partial charge in [0.15, 0.2) is 5.82 Å². The lowest BCUT2D eigenvalue weighted by Gasteiger charge is -2.15. The fourth-order valence-electron chi connectivity index (χ4n) is 1.59. The van der Waals surface area contributed by atoms with Crippen molar-refractivity contribution < 1.29 is 14.1 Å². The number of nitrogens with one attached hydrogen (secondary N) is 1. The Labute approximate surface area is 129 Å². The molecule has 2 heterocycles. The quantitative estimate of drug-likeness (QED) is 0.906. The number of carbonyl (C=O) groups is 2. The Hall–Kier alpha value is -2.22. The molecule has 0 radical (unpaired) electrons. The van der Waals surface area contributed by atoms with Gasteiger partial charge in [0, 0.05) is 23.8 Å². The van der Waals surface area contributed by atoms with E-state index in [1.54, 1.807) is 25.1 Å². The van der Waals surface area contributed by atoms with Crippen LogP contribution in [-0.4, -0.2) is 40.4 Å². The van der Waals surface area contributed by atoms with Crippen LogP contribution in [0, 0.1) is 6.92 Å². The van der Waals surface area contributed by atoms with Gasteiger partial charge in [-0.25, -0.2) is 4.98 Å². The van der Waals surface area contributed by atoms with E-state index in [2.05, 4.69) is 31.4 Å². The van der Waals surface area contributed by atoms with Gasteiger partial charge < -0.3 is 14.7 Å². The molecule has 2 aromatic heterocycles.